The third kappa shape index (κ3) is 38.2. The number of amides is 2. The van der Waals surface area contributed by atoms with Crippen molar-refractivity contribution < 1.29 is 48.8 Å². The summed E-state index contributed by atoms with van der Waals surface area (Å²) >= 11 is 12.2. The molecule has 0 aromatic carbocycles. The number of hydrogen-bond acceptors (Lipinski definition) is 20. The Morgan fingerprint density at radius 3 is 1.77 bits per heavy atom. The molecule has 252 valence electrons. The number of aliphatic imine (C=N–C) groups is 2. The number of nitrogens with zero attached hydrogens (tertiary/aromatic N) is 2. The molecule has 0 aromatic rings. The molecule has 0 fully saturated rings. The lowest BCUT2D eigenvalue weighted by Crippen LogP contribution is -2.24. The van der Waals surface area contributed by atoms with E-state index in [1.807, 2.05) is 0 Å². The maximum absolute atomic E-state index is 11.7. The number of carbonyl (C=O) groups excluding carboxylic acids is 2. The molecule has 0 saturated carbocycles. The number of ether oxygens (including phenoxy) is 2. The molecule has 0 unspecified atom stereocenters. The number of alkyl carbamates (subject to hydrolysis) is 2. The topological polar surface area (TPSA) is 179 Å². The lowest BCUT2D eigenvalue weighted by Gasteiger charge is -2.06. The summed E-state index contributed by atoms with van der Waals surface area (Å²) < 4.78 is 10.1. The third-order valence-electron chi connectivity index (χ3n) is 3.49. The maximum atomic E-state index is 11.7. The van der Waals surface area contributed by atoms with Gasteiger partial charge in [-0.1, -0.05) is 0 Å². The zero-order valence-corrected chi connectivity index (χ0v) is 30.0. The summed E-state index contributed by atoms with van der Waals surface area (Å²) in [5, 5.41) is 24.8. The summed E-state index contributed by atoms with van der Waals surface area (Å²) in [5.41, 5.74) is 0. The SMILES string of the molecule is O=C(NCSCSC/N=C/OOCSCSCOC(=O)NCSCSC/N=C/OOCCSCCO)OCCSCCO. The van der Waals surface area contributed by atoms with Crippen molar-refractivity contribution >= 4 is 119 Å². The van der Waals surface area contributed by atoms with Crippen LogP contribution in [0.15, 0.2) is 9.98 Å². The summed E-state index contributed by atoms with van der Waals surface area (Å²) in [7, 11) is 0. The molecule has 0 aliphatic rings. The van der Waals surface area contributed by atoms with E-state index in [0.29, 0.717) is 65.0 Å². The minimum absolute atomic E-state index is 0.122. The van der Waals surface area contributed by atoms with Gasteiger partial charge in [0.1, 0.15) is 25.1 Å². The highest BCUT2D eigenvalue weighted by atomic mass is 32.2. The van der Waals surface area contributed by atoms with Crippen molar-refractivity contribution in [1.82, 2.24) is 10.6 Å². The molecule has 0 bridgehead atoms. The summed E-state index contributed by atoms with van der Waals surface area (Å²) in [6.45, 7) is 1.02. The van der Waals surface area contributed by atoms with E-state index in [1.165, 1.54) is 71.6 Å². The van der Waals surface area contributed by atoms with Crippen molar-refractivity contribution in [3.8, 4) is 0 Å². The summed E-state index contributed by atoms with van der Waals surface area (Å²) in [6, 6.07) is 0. The molecule has 0 heterocycles. The second kappa shape index (κ2) is 38.3. The van der Waals surface area contributed by atoms with E-state index in [1.54, 1.807) is 35.3 Å². The van der Waals surface area contributed by atoms with Crippen LogP contribution in [0.5, 0.6) is 0 Å². The van der Waals surface area contributed by atoms with E-state index in [-0.39, 0.29) is 19.2 Å². The van der Waals surface area contributed by atoms with E-state index in [0.717, 1.165) is 15.9 Å². The monoisotopic (exact) mass is 764 g/mol. The lowest BCUT2D eigenvalue weighted by molar-refractivity contribution is -0.210. The van der Waals surface area contributed by atoms with Crippen molar-refractivity contribution in [2.24, 2.45) is 9.98 Å². The van der Waals surface area contributed by atoms with E-state index in [4.69, 9.17) is 39.2 Å². The predicted molar refractivity (Wildman–Crippen MR) is 188 cm³/mol. The van der Waals surface area contributed by atoms with Gasteiger partial charge >= 0.3 is 12.2 Å². The van der Waals surface area contributed by atoms with Crippen LogP contribution in [0, 0.1) is 0 Å². The Kier molecular flexibility index (Phi) is 38.4. The number of rotatable bonds is 32. The molecule has 43 heavy (non-hydrogen) atoms. The second-order valence-corrected chi connectivity index (χ2v) is 16.0. The Morgan fingerprint density at radius 2 is 1.14 bits per heavy atom. The van der Waals surface area contributed by atoms with Gasteiger partial charge in [0, 0.05) is 38.3 Å². The predicted octanol–water partition coefficient (Wildman–Crippen LogP) is 3.86. The van der Waals surface area contributed by atoms with Crippen molar-refractivity contribution in [3.05, 3.63) is 0 Å². The molecule has 0 aliphatic heterocycles. The molecular weight excluding hydrogens is 725 g/mol. The van der Waals surface area contributed by atoms with Crippen LogP contribution in [0.25, 0.3) is 0 Å². The normalized spacial score (nSPS) is 11.2. The fourth-order valence-corrected chi connectivity index (χ4v) is 7.20. The van der Waals surface area contributed by atoms with Gasteiger partial charge < -0.3 is 40.1 Å². The van der Waals surface area contributed by atoms with E-state index < -0.39 is 12.2 Å². The first kappa shape index (κ1) is 43.1. The molecule has 2 amide bonds. The van der Waals surface area contributed by atoms with Crippen molar-refractivity contribution in [1.29, 1.82) is 0 Å². The van der Waals surface area contributed by atoms with Crippen LogP contribution >= 0.6 is 94.1 Å². The zero-order chi connectivity index (χ0) is 31.3. The van der Waals surface area contributed by atoms with E-state index >= 15 is 0 Å². The van der Waals surface area contributed by atoms with Gasteiger partial charge in [0.25, 0.3) is 0 Å². The van der Waals surface area contributed by atoms with E-state index in [9.17, 15) is 9.59 Å². The maximum Gasteiger partial charge on any atom is 0.408 e. The summed E-state index contributed by atoms with van der Waals surface area (Å²) in [5.74, 6) is 5.15. The largest absolute Gasteiger partial charge is 0.449 e. The number of aliphatic hydroxyl groups is 2. The number of thioether (sulfide) groups is 8. The molecular formula is C21H40N4O10S8. The van der Waals surface area contributed by atoms with Crippen molar-refractivity contribution in [2.45, 2.75) is 0 Å². The Labute approximate surface area is 286 Å². The Bertz CT molecular complexity index is 696. The number of aliphatic hydroxyl groups excluding tert-OH is 2. The van der Waals surface area contributed by atoms with Crippen LogP contribution in [0.4, 0.5) is 9.59 Å². The Balaban J connectivity index is 3.29. The standard InChI is InChI=1S/C21H40N4O10S8/c26-1-5-36-7-3-30-20(28)24-13-40-17-39-12-23-10-34-35-16-43-19-42-15-31-21(29)25-14-41-18-38-11-22-9-33-32-4-8-37-6-2-27/h9-10,26-27H,1-8,11-19H2,(H,24,28)(H,25,29)/b22-9+,23-10+. The fraction of sp³-hybridized carbons (Fsp3) is 0.810. The van der Waals surface area contributed by atoms with Gasteiger partial charge in [-0.05, 0) is 0 Å². The van der Waals surface area contributed by atoms with Gasteiger partial charge in [-0.3, -0.25) is 0 Å². The smallest absolute Gasteiger partial charge is 0.408 e. The first-order valence-corrected chi connectivity index (χ1v) is 21.6. The average molecular weight is 765 g/mol. The molecule has 0 aromatic heterocycles. The van der Waals surface area contributed by atoms with Crippen LogP contribution in [0.3, 0.4) is 0 Å². The number of carbonyl (C=O) groups is 2. The molecule has 0 radical (unpaired) electrons. The van der Waals surface area contributed by atoms with Crippen LogP contribution in [-0.2, 0) is 29.0 Å². The second-order valence-electron chi connectivity index (χ2n) is 6.66. The molecule has 0 saturated heterocycles. The number of hydrogen-bond donors (Lipinski definition) is 4. The summed E-state index contributed by atoms with van der Waals surface area (Å²) in [4.78, 5) is 50.7. The van der Waals surface area contributed by atoms with Gasteiger partial charge in [0.2, 0.25) is 12.8 Å². The third-order valence-corrected chi connectivity index (χ3v) is 11.2. The molecule has 0 spiro atoms. The first-order valence-electron chi connectivity index (χ1n) is 12.4. The Hall–Kier alpha value is 0.120. The van der Waals surface area contributed by atoms with Gasteiger partial charge in [0.15, 0.2) is 0 Å². The van der Waals surface area contributed by atoms with Gasteiger partial charge in [-0.15, -0.1) is 70.6 Å². The minimum atomic E-state index is -0.470. The van der Waals surface area contributed by atoms with Crippen molar-refractivity contribution in [2.75, 3.05) is 100 Å². The molecule has 0 aliphatic carbocycles. The molecule has 14 nitrogen and oxygen atoms in total. The van der Waals surface area contributed by atoms with Gasteiger partial charge in [0.05, 0.1) is 36.7 Å². The molecule has 4 N–H and O–H groups in total. The Morgan fingerprint density at radius 1 is 0.605 bits per heavy atom. The van der Waals surface area contributed by atoms with Crippen LogP contribution < -0.4 is 10.6 Å². The van der Waals surface area contributed by atoms with Crippen LogP contribution in [-0.4, -0.2) is 135 Å². The van der Waals surface area contributed by atoms with Crippen LogP contribution in [0.2, 0.25) is 0 Å². The van der Waals surface area contributed by atoms with Crippen molar-refractivity contribution in [3.63, 3.8) is 0 Å². The van der Waals surface area contributed by atoms with Crippen LogP contribution in [0.1, 0.15) is 0 Å². The highest BCUT2D eigenvalue weighted by molar-refractivity contribution is 8.16. The lowest BCUT2D eigenvalue weighted by atomic mass is 10.8. The first-order chi connectivity index (χ1) is 21.2. The molecule has 0 rings (SSSR count). The van der Waals surface area contributed by atoms with E-state index in [2.05, 4.69) is 20.6 Å². The zero-order valence-electron chi connectivity index (χ0n) is 23.5. The fourth-order valence-electron chi connectivity index (χ4n) is 1.84. The highest BCUT2D eigenvalue weighted by Crippen LogP contribution is 2.13. The molecule has 0 atom stereocenters. The minimum Gasteiger partial charge on any atom is -0.449 e. The summed E-state index contributed by atoms with van der Waals surface area (Å²) in [6.07, 6.45) is 1.57. The van der Waals surface area contributed by atoms with Gasteiger partial charge in [-0.25, -0.2) is 19.6 Å². The highest BCUT2D eigenvalue weighted by Gasteiger charge is 2.02. The van der Waals surface area contributed by atoms with Gasteiger partial charge in [-0.2, -0.15) is 33.3 Å². The number of nitrogens with one attached hydrogen (secondary N) is 2. The quantitative estimate of drug-likeness (QED) is 0.0194. The average Bonchev–Trinajstić information content (AvgIpc) is 3.00. The molecule has 22 heteroatoms.